The molecule has 1 atom stereocenters. The minimum absolute atomic E-state index is 0.00428. The Balaban J connectivity index is 2.09. The van der Waals surface area contributed by atoms with Crippen LogP contribution in [0.4, 0.5) is 0 Å². The van der Waals surface area contributed by atoms with Crippen LogP contribution in [0.15, 0.2) is 5.16 Å². The molecule has 0 aromatic carbocycles. The average Bonchev–Trinajstić information content (AvgIpc) is 2.80. The van der Waals surface area contributed by atoms with Gasteiger partial charge in [0.25, 0.3) is 0 Å². The van der Waals surface area contributed by atoms with Gasteiger partial charge in [0.1, 0.15) is 5.82 Å². The Kier molecular flexibility index (Phi) is 6.01. The van der Waals surface area contributed by atoms with Gasteiger partial charge < -0.3 is 19.3 Å². The largest absolute Gasteiger partial charge is 0.481 e. The minimum atomic E-state index is -0.847. The first-order valence-electron chi connectivity index (χ1n) is 7.17. The molecule has 0 radical (unpaired) electrons. The molecule has 0 saturated carbocycles. The number of carbonyl (C=O) groups is 1. The van der Waals surface area contributed by atoms with Crippen LogP contribution in [0.3, 0.4) is 0 Å². The van der Waals surface area contributed by atoms with Gasteiger partial charge in [-0.3, -0.25) is 4.79 Å². The molecule has 0 amide bonds. The quantitative estimate of drug-likeness (QED) is 0.743. The fourth-order valence-corrected chi connectivity index (χ4v) is 3.01. The standard InChI is InChI=1S/C13H22N4O3S/c1-3-4-11-14-15-13(21-9-12(18)19)17(11)8-10-7-16(2)5-6-20-10/h10H,3-9H2,1-2H3,(H,18,19). The molecule has 2 heterocycles. The van der Waals surface area contributed by atoms with Gasteiger partial charge in [-0.2, -0.15) is 0 Å². The molecule has 1 fully saturated rings. The van der Waals surface area contributed by atoms with E-state index in [9.17, 15) is 4.79 Å². The molecule has 8 heteroatoms. The first-order valence-corrected chi connectivity index (χ1v) is 8.15. The average molecular weight is 314 g/mol. The third-order valence-corrected chi connectivity index (χ3v) is 4.27. The molecule has 1 unspecified atom stereocenters. The van der Waals surface area contributed by atoms with Crippen LogP contribution in [-0.2, 0) is 22.5 Å². The molecule has 21 heavy (non-hydrogen) atoms. The summed E-state index contributed by atoms with van der Waals surface area (Å²) in [7, 11) is 2.08. The van der Waals surface area contributed by atoms with Crippen molar-refractivity contribution in [1.82, 2.24) is 19.7 Å². The van der Waals surface area contributed by atoms with E-state index < -0.39 is 5.97 Å². The molecule has 118 valence electrons. The number of aryl methyl sites for hydroxylation is 1. The molecule has 7 nitrogen and oxygen atoms in total. The van der Waals surface area contributed by atoms with Crippen molar-refractivity contribution in [2.75, 3.05) is 32.5 Å². The second kappa shape index (κ2) is 7.77. The maximum Gasteiger partial charge on any atom is 0.313 e. The fourth-order valence-electron chi connectivity index (χ4n) is 2.32. The lowest BCUT2D eigenvalue weighted by molar-refractivity contribution is -0.133. The summed E-state index contributed by atoms with van der Waals surface area (Å²) in [6.07, 6.45) is 1.91. The van der Waals surface area contributed by atoms with Gasteiger partial charge >= 0.3 is 5.97 Å². The van der Waals surface area contributed by atoms with E-state index in [1.54, 1.807) is 0 Å². The van der Waals surface area contributed by atoms with E-state index in [2.05, 4.69) is 29.1 Å². The first-order chi connectivity index (χ1) is 10.1. The van der Waals surface area contributed by atoms with Crippen LogP contribution in [0.5, 0.6) is 0 Å². The van der Waals surface area contributed by atoms with Gasteiger partial charge in [0, 0.05) is 19.5 Å². The van der Waals surface area contributed by atoms with Crippen LogP contribution in [0.1, 0.15) is 19.2 Å². The van der Waals surface area contributed by atoms with E-state index in [0.29, 0.717) is 11.7 Å². The van der Waals surface area contributed by atoms with Crippen molar-refractivity contribution in [3.63, 3.8) is 0 Å². The van der Waals surface area contributed by atoms with Gasteiger partial charge in [0.15, 0.2) is 5.16 Å². The number of hydrogen-bond acceptors (Lipinski definition) is 6. The maximum atomic E-state index is 10.7. The molecule has 2 rings (SSSR count). The SMILES string of the molecule is CCCc1nnc(SCC(=O)O)n1CC1CN(C)CCO1. The highest BCUT2D eigenvalue weighted by molar-refractivity contribution is 7.99. The lowest BCUT2D eigenvalue weighted by Crippen LogP contribution is -2.42. The Morgan fingerprint density at radius 1 is 1.52 bits per heavy atom. The summed E-state index contributed by atoms with van der Waals surface area (Å²) in [5.41, 5.74) is 0. The fraction of sp³-hybridized carbons (Fsp3) is 0.769. The Morgan fingerprint density at radius 3 is 3.00 bits per heavy atom. The number of aliphatic carboxylic acids is 1. The number of ether oxygens (including phenoxy) is 1. The predicted octanol–water partition coefficient (Wildman–Crippen LogP) is 0.738. The number of hydrogen-bond donors (Lipinski definition) is 1. The number of aromatic nitrogens is 3. The zero-order valence-corrected chi connectivity index (χ0v) is 13.3. The lowest BCUT2D eigenvalue weighted by atomic mass is 10.2. The molecule has 1 aromatic rings. The molecule has 0 spiro atoms. The monoisotopic (exact) mass is 314 g/mol. The van der Waals surface area contributed by atoms with Crippen molar-refractivity contribution in [3.05, 3.63) is 5.82 Å². The van der Waals surface area contributed by atoms with Crippen LogP contribution in [0, 0.1) is 0 Å². The predicted molar refractivity (Wildman–Crippen MR) is 79.6 cm³/mol. The molecule has 0 aliphatic carbocycles. The first kappa shape index (κ1) is 16.3. The summed E-state index contributed by atoms with van der Waals surface area (Å²) >= 11 is 1.21. The molecular weight excluding hydrogens is 292 g/mol. The summed E-state index contributed by atoms with van der Waals surface area (Å²) in [5, 5.41) is 17.8. The summed E-state index contributed by atoms with van der Waals surface area (Å²) in [5.74, 6) is 0.0535. The van der Waals surface area contributed by atoms with Crippen LogP contribution in [-0.4, -0.2) is 69.3 Å². The van der Waals surface area contributed by atoms with Gasteiger partial charge in [0.05, 0.1) is 25.0 Å². The van der Waals surface area contributed by atoms with Crippen LogP contribution in [0.2, 0.25) is 0 Å². The molecule has 1 aromatic heterocycles. The molecule has 1 N–H and O–H groups in total. The summed E-state index contributed by atoms with van der Waals surface area (Å²) in [6, 6.07) is 0. The van der Waals surface area contributed by atoms with Crippen molar-refractivity contribution in [2.45, 2.75) is 37.6 Å². The van der Waals surface area contributed by atoms with Gasteiger partial charge in [-0.25, -0.2) is 0 Å². The number of likely N-dealkylation sites (N-methyl/N-ethyl adjacent to an activating group) is 1. The zero-order valence-electron chi connectivity index (χ0n) is 12.5. The lowest BCUT2D eigenvalue weighted by Gasteiger charge is -2.30. The van der Waals surface area contributed by atoms with E-state index in [4.69, 9.17) is 9.84 Å². The van der Waals surface area contributed by atoms with Gasteiger partial charge in [-0.05, 0) is 13.5 Å². The van der Waals surface area contributed by atoms with E-state index >= 15 is 0 Å². The van der Waals surface area contributed by atoms with Crippen LogP contribution >= 0.6 is 11.8 Å². The third-order valence-electron chi connectivity index (χ3n) is 3.32. The van der Waals surface area contributed by atoms with Gasteiger partial charge in [0.2, 0.25) is 0 Å². The number of morpholine rings is 1. The van der Waals surface area contributed by atoms with Crippen LogP contribution in [0.25, 0.3) is 0 Å². The van der Waals surface area contributed by atoms with Crippen molar-refractivity contribution < 1.29 is 14.6 Å². The minimum Gasteiger partial charge on any atom is -0.481 e. The van der Waals surface area contributed by atoms with Crippen molar-refractivity contribution >= 4 is 17.7 Å². The van der Waals surface area contributed by atoms with Crippen molar-refractivity contribution in [2.24, 2.45) is 0 Å². The number of rotatable bonds is 7. The Hall–Kier alpha value is -1.12. The summed E-state index contributed by atoms with van der Waals surface area (Å²) in [6.45, 7) is 5.31. The smallest absolute Gasteiger partial charge is 0.313 e. The van der Waals surface area contributed by atoms with Gasteiger partial charge in [-0.15, -0.1) is 10.2 Å². The molecule has 1 aliphatic heterocycles. The molecule has 0 bridgehead atoms. The number of carboxylic acid groups (broad SMARTS) is 1. The van der Waals surface area contributed by atoms with E-state index in [-0.39, 0.29) is 11.9 Å². The number of nitrogens with zero attached hydrogens (tertiary/aromatic N) is 4. The van der Waals surface area contributed by atoms with Crippen molar-refractivity contribution in [1.29, 1.82) is 0 Å². The number of thioether (sulfide) groups is 1. The second-order valence-electron chi connectivity index (χ2n) is 5.20. The molecule has 1 saturated heterocycles. The second-order valence-corrected chi connectivity index (χ2v) is 6.14. The number of carboxylic acids is 1. The Morgan fingerprint density at radius 2 is 2.33 bits per heavy atom. The van der Waals surface area contributed by atoms with Crippen LogP contribution < -0.4 is 0 Å². The normalized spacial score (nSPS) is 19.8. The highest BCUT2D eigenvalue weighted by Crippen LogP contribution is 2.19. The topological polar surface area (TPSA) is 80.5 Å². The van der Waals surface area contributed by atoms with Crippen molar-refractivity contribution in [3.8, 4) is 0 Å². The Bertz CT molecular complexity index is 480. The third kappa shape index (κ3) is 4.69. The zero-order chi connectivity index (χ0) is 15.2. The maximum absolute atomic E-state index is 10.7. The molecule has 1 aliphatic rings. The van der Waals surface area contributed by atoms with E-state index in [0.717, 1.165) is 38.4 Å². The van der Waals surface area contributed by atoms with E-state index in [1.165, 1.54) is 11.8 Å². The summed E-state index contributed by atoms with van der Waals surface area (Å²) < 4.78 is 7.81. The highest BCUT2D eigenvalue weighted by Gasteiger charge is 2.22. The van der Waals surface area contributed by atoms with E-state index in [1.807, 2.05) is 4.57 Å². The highest BCUT2D eigenvalue weighted by atomic mass is 32.2. The molecular formula is C13H22N4O3S. The van der Waals surface area contributed by atoms with Gasteiger partial charge in [-0.1, -0.05) is 18.7 Å². The Labute approximate surface area is 128 Å². The summed E-state index contributed by atoms with van der Waals surface area (Å²) in [4.78, 5) is 13.0.